The second-order valence-electron chi connectivity index (χ2n) is 5.14. The number of fused-ring (bicyclic) bond motifs is 1. The highest BCUT2D eigenvalue weighted by molar-refractivity contribution is 5.16. The first-order valence-corrected chi connectivity index (χ1v) is 6.97. The van der Waals surface area contributed by atoms with E-state index < -0.39 is 36.9 Å². The van der Waals surface area contributed by atoms with E-state index in [-0.39, 0.29) is 6.61 Å². The number of ether oxygens (including phenoxy) is 4. The molecule has 1 aromatic rings. The van der Waals surface area contributed by atoms with Crippen LogP contribution in [0, 0.1) is 0 Å². The van der Waals surface area contributed by atoms with E-state index in [0.29, 0.717) is 0 Å². The fraction of sp³-hybridized carbons (Fsp3) is 0.571. The molecule has 1 aromatic carbocycles. The van der Waals surface area contributed by atoms with Crippen LogP contribution in [-0.2, 0) is 18.9 Å². The number of hydrogen-bond donors (Lipinski definition) is 1. The van der Waals surface area contributed by atoms with Gasteiger partial charge >= 0.3 is 0 Å². The van der Waals surface area contributed by atoms with Gasteiger partial charge in [-0.05, 0) is 5.53 Å². The van der Waals surface area contributed by atoms with E-state index in [1.807, 2.05) is 30.3 Å². The Morgan fingerprint density at radius 1 is 1.32 bits per heavy atom. The summed E-state index contributed by atoms with van der Waals surface area (Å²) in [5.41, 5.74) is 9.60. The third-order valence-electron chi connectivity index (χ3n) is 3.82. The summed E-state index contributed by atoms with van der Waals surface area (Å²) in [6, 6.07) is 8.62. The fourth-order valence-corrected chi connectivity index (χ4v) is 2.75. The van der Waals surface area contributed by atoms with Gasteiger partial charge in [0.2, 0.25) is 0 Å². The van der Waals surface area contributed by atoms with Crippen molar-refractivity contribution in [1.82, 2.24) is 0 Å². The lowest BCUT2D eigenvalue weighted by Gasteiger charge is -2.46. The second kappa shape index (κ2) is 6.62. The molecular weight excluding hydrogens is 290 g/mol. The molecule has 0 aliphatic carbocycles. The summed E-state index contributed by atoms with van der Waals surface area (Å²) in [6.07, 6.45) is -3.64. The summed E-state index contributed by atoms with van der Waals surface area (Å²) in [6.45, 7) is 0.258. The average molecular weight is 307 g/mol. The van der Waals surface area contributed by atoms with Gasteiger partial charge in [-0.25, -0.2) is 0 Å². The van der Waals surface area contributed by atoms with Crippen molar-refractivity contribution >= 4 is 0 Å². The Bertz CT molecular complexity index is 551. The van der Waals surface area contributed by atoms with Crippen molar-refractivity contribution in [1.29, 1.82) is 0 Å². The predicted molar refractivity (Wildman–Crippen MR) is 74.6 cm³/mol. The van der Waals surface area contributed by atoms with E-state index in [2.05, 4.69) is 10.0 Å². The number of aliphatic hydroxyl groups excluding tert-OH is 1. The zero-order valence-electron chi connectivity index (χ0n) is 12.0. The molecule has 0 bridgehead atoms. The number of rotatable bonds is 3. The van der Waals surface area contributed by atoms with Gasteiger partial charge in [-0.1, -0.05) is 35.4 Å². The topological polar surface area (TPSA) is 106 Å². The van der Waals surface area contributed by atoms with E-state index in [1.54, 1.807) is 0 Å². The second-order valence-corrected chi connectivity index (χ2v) is 5.14. The molecule has 0 aromatic heterocycles. The molecule has 6 atom stereocenters. The van der Waals surface area contributed by atoms with E-state index in [4.69, 9.17) is 24.5 Å². The minimum atomic E-state index is -1.10. The molecule has 2 heterocycles. The third-order valence-corrected chi connectivity index (χ3v) is 3.82. The van der Waals surface area contributed by atoms with Gasteiger partial charge in [0.25, 0.3) is 0 Å². The molecule has 22 heavy (non-hydrogen) atoms. The van der Waals surface area contributed by atoms with Gasteiger partial charge in [-0.2, -0.15) is 0 Å². The zero-order valence-corrected chi connectivity index (χ0v) is 12.0. The molecule has 8 heteroatoms. The van der Waals surface area contributed by atoms with Crippen molar-refractivity contribution in [3.63, 3.8) is 0 Å². The Kier molecular flexibility index (Phi) is 4.58. The SMILES string of the molecule is CO[C@H]1O[C@@H]2CO[C@@H](c3ccccc3)O[C@H]2[C@@H](N=[N+]=[N-])[C@@H]1O. The average Bonchev–Trinajstić information content (AvgIpc) is 2.57. The summed E-state index contributed by atoms with van der Waals surface area (Å²) in [4.78, 5) is 2.80. The van der Waals surface area contributed by atoms with Gasteiger partial charge in [0.1, 0.15) is 18.3 Å². The Hall–Kier alpha value is -1.67. The maximum atomic E-state index is 10.2. The first-order chi connectivity index (χ1) is 10.7. The lowest BCUT2D eigenvalue weighted by atomic mass is 9.96. The van der Waals surface area contributed by atoms with Gasteiger partial charge in [-0.15, -0.1) is 0 Å². The van der Waals surface area contributed by atoms with Crippen LogP contribution in [0.2, 0.25) is 0 Å². The van der Waals surface area contributed by atoms with Gasteiger partial charge in [-0.3, -0.25) is 0 Å². The molecule has 0 amide bonds. The smallest absolute Gasteiger partial charge is 0.184 e. The summed E-state index contributed by atoms with van der Waals surface area (Å²) >= 11 is 0. The van der Waals surface area contributed by atoms with Crippen LogP contribution in [-0.4, -0.2) is 49.5 Å². The molecule has 2 aliphatic heterocycles. The number of benzene rings is 1. The molecular formula is C14H17N3O5. The summed E-state index contributed by atoms with van der Waals surface area (Å²) in [5, 5.41) is 13.9. The molecule has 2 saturated heterocycles. The van der Waals surface area contributed by atoms with Crippen molar-refractivity contribution in [3.05, 3.63) is 46.3 Å². The van der Waals surface area contributed by atoms with Crippen LogP contribution in [0.5, 0.6) is 0 Å². The first-order valence-electron chi connectivity index (χ1n) is 6.97. The van der Waals surface area contributed by atoms with Gasteiger partial charge < -0.3 is 24.1 Å². The Morgan fingerprint density at radius 2 is 2.09 bits per heavy atom. The van der Waals surface area contributed by atoms with Gasteiger partial charge in [0.15, 0.2) is 12.6 Å². The van der Waals surface area contributed by atoms with Crippen molar-refractivity contribution in [2.45, 2.75) is 36.9 Å². The maximum Gasteiger partial charge on any atom is 0.184 e. The van der Waals surface area contributed by atoms with E-state index in [1.165, 1.54) is 7.11 Å². The number of methoxy groups -OCH3 is 1. The van der Waals surface area contributed by atoms with Crippen LogP contribution < -0.4 is 0 Å². The van der Waals surface area contributed by atoms with Gasteiger partial charge in [0.05, 0.1) is 12.6 Å². The molecule has 2 aliphatic rings. The van der Waals surface area contributed by atoms with Crippen molar-refractivity contribution < 1.29 is 24.1 Å². The summed E-state index contributed by atoms with van der Waals surface area (Å²) in [7, 11) is 1.42. The number of aliphatic hydroxyl groups is 1. The van der Waals surface area contributed by atoms with Crippen LogP contribution >= 0.6 is 0 Å². The van der Waals surface area contributed by atoms with Crippen LogP contribution in [0.1, 0.15) is 11.9 Å². The lowest BCUT2D eigenvalue weighted by molar-refractivity contribution is -0.337. The largest absolute Gasteiger partial charge is 0.387 e. The normalized spacial score (nSPS) is 37.9. The van der Waals surface area contributed by atoms with Crippen molar-refractivity contribution in [2.75, 3.05) is 13.7 Å². The fourth-order valence-electron chi connectivity index (χ4n) is 2.75. The molecule has 118 valence electrons. The molecule has 2 fully saturated rings. The van der Waals surface area contributed by atoms with E-state index in [0.717, 1.165) is 5.56 Å². The van der Waals surface area contributed by atoms with Crippen LogP contribution in [0.3, 0.4) is 0 Å². The molecule has 1 N–H and O–H groups in total. The van der Waals surface area contributed by atoms with Gasteiger partial charge in [0, 0.05) is 17.6 Å². The highest BCUT2D eigenvalue weighted by atomic mass is 16.7. The minimum Gasteiger partial charge on any atom is -0.387 e. The minimum absolute atomic E-state index is 0.258. The van der Waals surface area contributed by atoms with E-state index >= 15 is 0 Å². The van der Waals surface area contributed by atoms with Crippen molar-refractivity contribution in [2.24, 2.45) is 5.11 Å². The Labute approximate surface area is 127 Å². The molecule has 0 saturated carbocycles. The maximum absolute atomic E-state index is 10.2. The number of nitrogens with zero attached hydrogens (tertiary/aromatic N) is 3. The lowest BCUT2D eigenvalue weighted by Crippen LogP contribution is -2.61. The standard InChI is InChI=1S/C14H17N3O5/c1-19-14-11(18)10(16-17-15)12-9(21-14)7-20-13(22-12)8-5-3-2-4-6-8/h2-6,9-14,18H,7H2,1H3/t9-,10+,11+,12-,13-,14+/m1/s1. The monoisotopic (exact) mass is 307 g/mol. The Balaban J connectivity index is 1.82. The molecule has 3 rings (SSSR count). The van der Waals surface area contributed by atoms with E-state index in [9.17, 15) is 5.11 Å². The van der Waals surface area contributed by atoms with Crippen LogP contribution in [0.25, 0.3) is 10.4 Å². The van der Waals surface area contributed by atoms with Crippen molar-refractivity contribution in [3.8, 4) is 0 Å². The van der Waals surface area contributed by atoms with Crippen LogP contribution in [0.4, 0.5) is 0 Å². The highest BCUT2D eigenvalue weighted by Gasteiger charge is 2.49. The number of azide groups is 1. The third kappa shape index (κ3) is 2.80. The molecule has 0 radical (unpaired) electrons. The quantitative estimate of drug-likeness (QED) is 0.517. The Morgan fingerprint density at radius 3 is 2.77 bits per heavy atom. The zero-order chi connectivity index (χ0) is 15.5. The van der Waals surface area contributed by atoms with Crippen LogP contribution in [0.15, 0.2) is 35.4 Å². The molecule has 0 unspecified atom stereocenters. The summed E-state index contributed by atoms with van der Waals surface area (Å²) < 4.78 is 22.2. The first kappa shape index (κ1) is 15.2. The molecule has 0 spiro atoms. The molecule has 8 nitrogen and oxygen atoms in total. The number of hydrogen-bond acceptors (Lipinski definition) is 6. The summed E-state index contributed by atoms with van der Waals surface area (Å²) in [5.74, 6) is 0. The highest BCUT2D eigenvalue weighted by Crippen LogP contribution is 2.35. The predicted octanol–water partition coefficient (Wildman–Crippen LogP) is 1.51.